The summed E-state index contributed by atoms with van der Waals surface area (Å²) in [6.07, 6.45) is -6.17. The number of anilines is 4. The highest BCUT2D eigenvalue weighted by Gasteiger charge is 2.52. The largest absolute Gasteiger partial charge is 0.494 e. The Morgan fingerprint density at radius 3 is 1.44 bits per heavy atom. The Bertz CT molecular complexity index is 3210. The molecule has 6 amide bonds. The number of amides is 6. The van der Waals surface area contributed by atoms with E-state index in [-0.39, 0.29) is 22.8 Å². The second-order valence-electron chi connectivity index (χ2n) is 24.9. The van der Waals surface area contributed by atoms with Crippen molar-refractivity contribution in [1.29, 1.82) is 10.5 Å². The number of benzene rings is 2. The number of rotatable bonds is 7. The van der Waals surface area contributed by atoms with Crippen molar-refractivity contribution in [2.24, 2.45) is 0 Å². The zero-order valence-electron chi connectivity index (χ0n) is 51.8. The summed E-state index contributed by atoms with van der Waals surface area (Å²) >= 11 is 3.85. The van der Waals surface area contributed by atoms with Gasteiger partial charge in [-0.25, -0.2) is 43.2 Å². The molecule has 2 aromatic heterocycles. The SMILES string of the molecule is CC(C)(C)OC(=O)CN(C(=O)OC(C)(C)C)c1nccc(I)c1C#N.CC(C)(C)OC(=O)N(C(=O)OC(C)(C)C)N(C(=O)OC(C)(C)C)c1nccc(I)c1C#N.CC1(C)OB(c2ccc(NC(=O)Nc3cc(C(F)(F)F)ccc3F)cc2)OC1(C)C. The first-order chi connectivity index (χ1) is 39.5. The summed E-state index contributed by atoms with van der Waals surface area (Å²) in [5.74, 6) is -1.82. The maximum absolute atomic E-state index is 13.8. The van der Waals surface area contributed by atoms with Crippen molar-refractivity contribution in [3.8, 4) is 12.1 Å². The Balaban J connectivity index is 0.000000344. The van der Waals surface area contributed by atoms with Crippen LogP contribution in [0.3, 0.4) is 0 Å². The molecule has 1 fully saturated rings. The van der Waals surface area contributed by atoms with Crippen molar-refractivity contribution in [3.63, 3.8) is 0 Å². The summed E-state index contributed by atoms with van der Waals surface area (Å²) < 4.78 is 91.8. The summed E-state index contributed by atoms with van der Waals surface area (Å²) in [6.45, 7) is 32.1. The van der Waals surface area contributed by atoms with Gasteiger partial charge in [0.05, 0.1) is 22.5 Å². The molecule has 0 spiro atoms. The van der Waals surface area contributed by atoms with Crippen molar-refractivity contribution < 1.29 is 79.3 Å². The molecule has 0 radical (unpaired) electrons. The number of carbonyl (C=O) groups is 6. The molecule has 0 atom stereocenters. The van der Waals surface area contributed by atoms with Crippen LogP contribution in [0.2, 0.25) is 0 Å². The summed E-state index contributed by atoms with van der Waals surface area (Å²) in [4.78, 5) is 85.5. The van der Waals surface area contributed by atoms with Crippen LogP contribution in [0, 0.1) is 35.6 Å². The third-order valence-corrected chi connectivity index (χ3v) is 12.7. The third-order valence-electron chi connectivity index (χ3n) is 10.9. The van der Waals surface area contributed by atoms with Crippen LogP contribution < -0.4 is 26.0 Å². The maximum atomic E-state index is 13.8. The molecule has 4 aromatic rings. The van der Waals surface area contributed by atoms with Crippen LogP contribution in [-0.4, -0.2) is 104 Å². The van der Waals surface area contributed by atoms with Gasteiger partial charge in [0.1, 0.15) is 63.6 Å². The minimum Gasteiger partial charge on any atom is -0.459 e. The van der Waals surface area contributed by atoms with Gasteiger partial charge in [0.15, 0.2) is 11.6 Å². The second-order valence-corrected chi connectivity index (χ2v) is 27.2. The lowest BCUT2D eigenvalue weighted by molar-refractivity contribution is -0.153. The second kappa shape index (κ2) is 28.8. The van der Waals surface area contributed by atoms with E-state index < -0.39 is 112 Å². The molecule has 3 heterocycles. The zero-order chi connectivity index (χ0) is 66.8. The highest BCUT2D eigenvalue weighted by Crippen LogP contribution is 2.37. The van der Waals surface area contributed by atoms with E-state index >= 15 is 0 Å². The van der Waals surface area contributed by atoms with Crippen LogP contribution in [0.5, 0.6) is 0 Å². The molecular formula is C58H72BF4I2N9O13. The van der Waals surface area contributed by atoms with Crippen molar-refractivity contribution in [2.75, 3.05) is 27.1 Å². The molecule has 0 unspecified atom stereocenters. The first kappa shape index (κ1) is 74.2. The number of nitrogens with zero attached hydrogens (tertiary/aromatic N) is 7. The topological polar surface area (TPSA) is 274 Å². The van der Waals surface area contributed by atoms with E-state index in [2.05, 4.69) is 20.6 Å². The number of ether oxygens (including phenoxy) is 5. The minimum atomic E-state index is -4.65. The first-order valence-corrected chi connectivity index (χ1v) is 28.7. The van der Waals surface area contributed by atoms with E-state index in [1.165, 1.54) is 12.4 Å². The Hall–Kier alpha value is -7.10. The lowest BCUT2D eigenvalue weighted by Gasteiger charge is -2.35. The summed E-state index contributed by atoms with van der Waals surface area (Å²) in [7, 11) is -0.572. The van der Waals surface area contributed by atoms with Crippen molar-refractivity contribution in [3.05, 3.63) is 96.6 Å². The summed E-state index contributed by atoms with van der Waals surface area (Å²) in [5.41, 5.74) is -5.85. The molecule has 472 valence electrons. The Morgan fingerprint density at radius 1 is 0.598 bits per heavy atom. The number of imide groups is 1. The van der Waals surface area contributed by atoms with Crippen molar-refractivity contribution >= 4 is 117 Å². The summed E-state index contributed by atoms with van der Waals surface area (Å²) in [5, 5.41) is 24.5. The average molecular weight is 1440 g/mol. The predicted molar refractivity (Wildman–Crippen MR) is 332 cm³/mol. The number of carbonyl (C=O) groups excluding carboxylic acids is 6. The first-order valence-electron chi connectivity index (χ1n) is 26.5. The number of aromatic nitrogens is 2. The van der Waals surface area contributed by atoms with E-state index in [4.69, 9.17) is 33.0 Å². The number of hydrogen-bond donors (Lipinski definition) is 2. The van der Waals surface area contributed by atoms with Gasteiger partial charge in [0.2, 0.25) is 0 Å². The van der Waals surface area contributed by atoms with Crippen molar-refractivity contribution in [1.82, 2.24) is 15.0 Å². The highest BCUT2D eigenvalue weighted by atomic mass is 127. The van der Waals surface area contributed by atoms with Gasteiger partial charge in [-0.2, -0.15) is 28.7 Å². The normalized spacial score (nSPS) is 13.7. The number of hydrogen-bond acceptors (Lipinski definition) is 17. The minimum absolute atomic E-state index is 0.0453. The molecule has 0 aliphatic carbocycles. The third kappa shape index (κ3) is 23.2. The molecule has 22 nitrogen and oxygen atoms in total. The summed E-state index contributed by atoms with van der Waals surface area (Å²) in [6, 6.07) is 14.6. The number of halogens is 6. The van der Waals surface area contributed by atoms with Gasteiger partial charge < -0.3 is 43.6 Å². The number of pyridine rings is 2. The fourth-order valence-corrected chi connectivity index (χ4v) is 7.72. The molecule has 2 N–H and O–H groups in total. The molecule has 1 saturated heterocycles. The predicted octanol–water partition coefficient (Wildman–Crippen LogP) is 13.8. The van der Waals surface area contributed by atoms with Crippen molar-refractivity contribution in [2.45, 2.75) is 177 Å². The zero-order valence-corrected chi connectivity index (χ0v) is 56.2. The van der Waals surface area contributed by atoms with E-state index in [0.717, 1.165) is 10.4 Å². The smallest absolute Gasteiger partial charge is 0.459 e. The molecule has 0 saturated carbocycles. The molecule has 29 heteroatoms. The number of alkyl halides is 3. The maximum Gasteiger partial charge on any atom is 0.494 e. The van der Waals surface area contributed by atoms with Gasteiger partial charge in [-0.3, -0.25) is 4.79 Å². The van der Waals surface area contributed by atoms with Crippen LogP contribution in [0.15, 0.2) is 67.0 Å². The van der Waals surface area contributed by atoms with Crippen LogP contribution in [-0.2, 0) is 44.0 Å². The standard InChI is InChI=1S/C21H29IN4O6.C20H21BF4N2O3.C17H22IN3O4/c1-19(2,3)30-16(27)25(15-13(12-23)14(22)10-11-24-15)26(17(28)31-20(4,5)6)18(29)32-21(7,8)9;1-18(2)19(3,4)30-21(29-18)13-6-8-14(9-7-13)26-17(28)27-16-11-12(20(23,24)25)5-10-15(16)22;1-16(2,3)24-13(22)10-21(15(23)25-17(4,5)6)14-11(9-19)12(18)7-8-20-14/h10-11H,1-9H3;5-11H,1-4H3,(H2,26,27,28);7-8H,10H2,1-6H3. The Labute approximate surface area is 531 Å². The van der Waals surface area contributed by atoms with Crippen LogP contribution >= 0.6 is 45.2 Å². The molecule has 2 aromatic carbocycles. The number of nitriles is 2. The van der Waals surface area contributed by atoms with Crippen LogP contribution in [0.1, 0.15) is 148 Å². The van der Waals surface area contributed by atoms with E-state index in [1.54, 1.807) is 140 Å². The van der Waals surface area contributed by atoms with Gasteiger partial charge in [-0.1, -0.05) is 12.1 Å². The number of hydrazine groups is 1. The molecule has 0 bridgehead atoms. The lowest BCUT2D eigenvalue weighted by Crippen LogP contribution is -2.57. The fourth-order valence-electron chi connectivity index (χ4n) is 6.67. The van der Waals surface area contributed by atoms with E-state index in [9.17, 15) is 56.9 Å². The fraction of sp³-hybridized carbons (Fsp3) is 0.483. The number of esters is 1. The van der Waals surface area contributed by atoms with Gasteiger partial charge in [0, 0.05) is 25.2 Å². The molecule has 5 rings (SSSR count). The number of urea groups is 1. The molecular weight excluding hydrogens is 1370 g/mol. The average Bonchev–Trinajstić information content (AvgIpc) is 1.84. The van der Waals surface area contributed by atoms with Crippen LogP contribution in [0.4, 0.5) is 64.5 Å². The van der Waals surface area contributed by atoms with E-state index in [1.807, 2.05) is 85.0 Å². The quantitative estimate of drug-likeness (QED) is 0.0434. The Morgan fingerprint density at radius 2 is 1.01 bits per heavy atom. The molecule has 1 aliphatic rings. The molecule has 1 aliphatic heterocycles. The van der Waals surface area contributed by atoms with Gasteiger partial charge >= 0.3 is 49.7 Å². The van der Waals surface area contributed by atoms with Gasteiger partial charge in [-0.05, 0) is 225 Å². The highest BCUT2D eigenvalue weighted by molar-refractivity contribution is 14.1. The number of nitrogens with one attached hydrogen (secondary N) is 2. The van der Waals surface area contributed by atoms with Crippen LogP contribution in [0.25, 0.3) is 0 Å². The van der Waals surface area contributed by atoms with Gasteiger partial charge in [0.25, 0.3) is 0 Å². The van der Waals surface area contributed by atoms with E-state index in [0.29, 0.717) is 41.0 Å². The molecule has 87 heavy (non-hydrogen) atoms. The monoisotopic (exact) mass is 1440 g/mol. The van der Waals surface area contributed by atoms with Gasteiger partial charge in [-0.15, -0.1) is 5.01 Å². The Kier molecular flexibility index (Phi) is 24.6. The lowest BCUT2D eigenvalue weighted by atomic mass is 9.79.